The second kappa shape index (κ2) is 6.22. The Morgan fingerprint density at radius 1 is 1.14 bits per heavy atom. The lowest BCUT2D eigenvalue weighted by atomic mass is 10.0. The molecule has 1 amide bonds. The third-order valence-electron chi connectivity index (χ3n) is 3.61. The van der Waals surface area contributed by atoms with Gasteiger partial charge >= 0.3 is 0 Å². The molecule has 21 heavy (non-hydrogen) atoms. The summed E-state index contributed by atoms with van der Waals surface area (Å²) in [6.07, 6.45) is 2.07. The molecule has 3 rings (SSSR count). The number of phenolic OH excluding ortho intramolecular Hbond substituents is 1. The fourth-order valence-electron chi connectivity index (χ4n) is 2.56. The molecule has 0 saturated heterocycles. The maximum absolute atomic E-state index is 12.5. The first kappa shape index (κ1) is 14.0. The monoisotopic (exact) mass is 299 g/mol. The number of amides is 1. The van der Waals surface area contributed by atoms with Gasteiger partial charge in [0.05, 0.1) is 5.75 Å². The number of phenols is 1. The molecule has 1 aliphatic rings. The molecule has 108 valence electrons. The number of nitrogens with zero attached hydrogens (tertiary/aromatic N) is 1. The molecule has 2 aromatic rings. The standard InChI is InChI=1S/C17H17NO2S/c19-14-7-9-15(10-8-14)21-12-17(20)18-11-3-5-13-4-1-2-6-16(13)18/h1-2,4,6-10,19H,3,5,11-12H2. The fourth-order valence-corrected chi connectivity index (χ4v) is 3.33. The lowest BCUT2D eigenvalue weighted by molar-refractivity contribution is -0.116. The number of hydrogen-bond acceptors (Lipinski definition) is 3. The smallest absolute Gasteiger partial charge is 0.237 e. The molecule has 4 heteroatoms. The first-order chi connectivity index (χ1) is 10.2. The Bertz CT molecular complexity index is 639. The van der Waals surface area contributed by atoms with Crippen LogP contribution in [0.2, 0.25) is 0 Å². The topological polar surface area (TPSA) is 40.5 Å². The van der Waals surface area contributed by atoms with Crippen molar-refractivity contribution < 1.29 is 9.90 Å². The number of aryl methyl sites for hydroxylation is 1. The molecule has 0 spiro atoms. The number of aromatic hydroxyl groups is 1. The molecule has 0 aromatic heterocycles. The number of hydrogen-bond donors (Lipinski definition) is 1. The molecular weight excluding hydrogens is 282 g/mol. The van der Waals surface area contributed by atoms with E-state index in [1.54, 1.807) is 12.1 Å². The molecule has 0 saturated carbocycles. The SMILES string of the molecule is O=C(CSc1ccc(O)cc1)N1CCCc2ccccc21. The van der Waals surface area contributed by atoms with Crippen LogP contribution in [-0.2, 0) is 11.2 Å². The van der Waals surface area contributed by atoms with Gasteiger partial charge in [-0.1, -0.05) is 18.2 Å². The maximum atomic E-state index is 12.5. The highest BCUT2D eigenvalue weighted by molar-refractivity contribution is 8.00. The van der Waals surface area contributed by atoms with Crippen LogP contribution >= 0.6 is 11.8 Å². The third-order valence-corrected chi connectivity index (χ3v) is 4.61. The van der Waals surface area contributed by atoms with Crippen molar-refractivity contribution in [2.24, 2.45) is 0 Å². The highest BCUT2D eigenvalue weighted by atomic mass is 32.2. The van der Waals surface area contributed by atoms with E-state index in [9.17, 15) is 9.90 Å². The number of benzene rings is 2. The Morgan fingerprint density at radius 3 is 2.71 bits per heavy atom. The lowest BCUT2D eigenvalue weighted by Crippen LogP contribution is -2.36. The van der Waals surface area contributed by atoms with Crippen molar-refractivity contribution in [2.75, 3.05) is 17.2 Å². The van der Waals surface area contributed by atoms with Crippen LogP contribution in [0, 0.1) is 0 Å². The van der Waals surface area contributed by atoms with Crippen LogP contribution in [0.4, 0.5) is 5.69 Å². The van der Waals surface area contributed by atoms with E-state index in [4.69, 9.17) is 0 Å². The molecule has 2 aromatic carbocycles. The summed E-state index contributed by atoms with van der Waals surface area (Å²) in [6, 6.07) is 15.1. The van der Waals surface area contributed by atoms with Gasteiger partial charge in [0.25, 0.3) is 0 Å². The summed E-state index contributed by atoms with van der Waals surface area (Å²) in [6.45, 7) is 0.798. The van der Waals surface area contributed by atoms with Crippen molar-refractivity contribution in [1.82, 2.24) is 0 Å². The van der Waals surface area contributed by atoms with Gasteiger partial charge in [-0.2, -0.15) is 0 Å². The fraction of sp³-hybridized carbons (Fsp3) is 0.235. The number of para-hydroxylation sites is 1. The maximum Gasteiger partial charge on any atom is 0.237 e. The van der Waals surface area contributed by atoms with Crippen molar-refractivity contribution in [3.05, 3.63) is 54.1 Å². The molecule has 0 unspecified atom stereocenters. The minimum absolute atomic E-state index is 0.139. The van der Waals surface area contributed by atoms with Crippen LogP contribution in [0.3, 0.4) is 0 Å². The molecule has 0 fully saturated rings. The molecule has 1 aliphatic heterocycles. The Balaban J connectivity index is 1.68. The van der Waals surface area contributed by atoms with E-state index >= 15 is 0 Å². The molecule has 0 bridgehead atoms. The van der Waals surface area contributed by atoms with Crippen molar-refractivity contribution in [3.63, 3.8) is 0 Å². The number of anilines is 1. The summed E-state index contributed by atoms with van der Waals surface area (Å²) in [7, 11) is 0. The average molecular weight is 299 g/mol. The molecule has 3 nitrogen and oxygen atoms in total. The van der Waals surface area contributed by atoms with Crippen molar-refractivity contribution in [2.45, 2.75) is 17.7 Å². The number of fused-ring (bicyclic) bond motifs is 1. The van der Waals surface area contributed by atoms with Gasteiger partial charge in [-0.15, -0.1) is 11.8 Å². The summed E-state index contributed by atoms with van der Waals surface area (Å²) < 4.78 is 0. The number of carbonyl (C=O) groups excluding carboxylic acids is 1. The second-order valence-electron chi connectivity index (χ2n) is 5.06. The normalized spacial score (nSPS) is 13.8. The van der Waals surface area contributed by atoms with Gasteiger partial charge in [0, 0.05) is 17.1 Å². The highest BCUT2D eigenvalue weighted by Gasteiger charge is 2.21. The van der Waals surface area contributed by atoms with E-state index in [1.807, 2.05) is 35.2 Å². The first-order valence-electron chi connectivity index (χ1n) is 7.04. The molecular formula is C17H17NO2S. The Hall–Kier alpha value is -1.94. The summed E-state index contributed by atoms with van der Waals surface area (Å²) in [5, 5.41) is 9.26. The largest absolute Gasteiger partial charge is 0.508 e. The van der Waals surface area contributed by atoms with Crippen molar-refractivity contribution in [3.8, 4) is 5.75 Å². The zero-order valence-electron chi connectivity index (χ0n) is 11.7. The van der Waals surface area contributed by atoms with Gasteiger partial charge in [0.1, 0.15) is 5.75 Å². The quantitative estimate of drug-likeness (QED) is 0.882. The summed E-state index contributed by atoms with van der Waals surface area (Å²) in [5.41, 5.74) is 2.31. The van der Waals surface area contributed by atoms with E-state index < -0.39 is 0 Å². The minimum Gasteiger partial charge on any atom is -0.508 e. The van der Waals surface area contributed by atoms with Crippen LogP contribution in [0.15, 0.2) is 53.4 Å². The summed E-state index contributed by atoms with van der Waals surface area (Å²) in [5.74, 6) is 0.801. The Kier molecular flexibility index (Phi) is 4.15. The van der Waals surface area contributed by atoms with Crippen LogP contribution in [0.5, 0.6) is 5.75 Å². The molecule has 0 atom stereocenters. The van der Waals surface area contributed by atoms with E-state index in [-0.39, 0.29) is 11.7 Å². The van der Waals surface area contributed by atoms with Crippen LogP contribution in [0.25, 0.3) is 0 Å². The summed E-state index contributed by atoms with van der Waals surface area (Å²) in [4.78, 5) is 15.3. The van der Waals surface area contributed by atoms with E-state index in [0.717, 1.165) is 30.0 Å². The van der Waals surface area contributed by atoms with Crippen molar-refractivity contribution >= 4 is 23.4 Å². The molecule has 0 radical (unpaired) electrons. The van der Waals surface area contributed by atoms with Crippen LogP contribution in [-0.4, -0.2) is 23.3 Å². The molecule has 1 heterocycles. The number of carbonyl (C=O) groups is 1. The van der Waals surface area contributed by atoms with Gasteiger partial charge in [0.2, 0.25) is 5.91 Å². The van der Waals surface area contributed by atoms with Crippen LogP contribution < -0.4 is 4.90 Å². The minimum atomic E-state index is 0.139. The average Bonchev–Trinajstić information content (AvgIpc) is 2.53. The van der Waals surface area contributed by atoms with Gasteiger partial charge in [-0.25, -0.2) is 0 Å². The van der Waals surface area contributed by atoms with E-state index in [0.29, 0.717) is 5.75 Å². The zero-order valence-corrected chi connectivity index (χ0v) is 12.5. The zero-order chi connectivity index (χ0) is 14.7. The Labute approximate surface area is 128 Å². The third kappa shape index (κ3) is 3.22. The lowest BCUT2D eigenvalue weighted by Gasteiger charge is -2.29. The van der Waals surface area contributed by atoms with Crippen LogP contribution in [0.1, 0.15) is 12.0 Å². The van der Waals surface area contributed by atoms with Gasteiger partial charge in [-0.3, -0.25) is 4.79 Å². The molecule has 0 aliphatic carbocycles. The first-order valence-corrected chi connectivity index (χ1v) is 8.03. The Morgan fingerprint density at radius 2 is 1.90 bits per heavy atom. The predicted molar refractivity (Wildman–Crippen MR) is 85.9 cm³/mol. The van der Waals surface area contributed by atoms with E-state index in [1.165, 1.54) is 17.3 Å². The number of thioether (sulfide) groups is 1. The molecule has 1 N–H and O–H groups in total. The summed E-state index contributed by atoms with van der Waals surface area (Å²) >= 11 is 1.50. The van der Waals surface area contributed by atoms with E-state index in [2.05, 4.69) is 6.07 Å². The number of rotatable bonds is 3. The van der Waals surface area contributed by atoms with Gasteiger partial charge in [-0.05, 0) is 48.7 Å². The van der Waals surface area contributed by atoms with Gasteiger partial charge < -0.3 is 10.0 Å². The highest BCUT2D eigenvalue weighted by Crippen LogP contribution is 2.28. The predicted octanol–water partition coefficient (Wildman–Crippen LogP) is 3.46. The second-order valence-corrected chi connectivity index (χ2v) is 6.11. The van der Waals surface area contributed by atoms with Crippen molar-refractivity contribution in [1.29, 1.82) is 0 Å². The van der Waals surface area contributed by atoms with Gasteiger partial charge in [0.15, 0.2) is 0 Å².